The molecule has 0 radical (unpaired) electrons. The van der Waals surface area contributed by atoms with Crippen LogP contribution in [0.15, 0.2) is 53.3 Å². The van der Waals surface area contributed by atoms with Gasteiger partial charge in [0.2, 0.25) is 5.91 Å². The lowest BCUT2D eigenvalue weighted by Crippen LogP contribution is -2.31. The number of aromatic nitrogens is 3. The maximum absolute atomic E-state index is 13.2. The van der Waals surface area contributed by atoms with Gasteiger partial charge in [-0.3, -0.25) is 9.48 Å². The minimum atomic E-state index is -2.68. The molecule has 0 aliphatic heterocycles. The molecule has 8 heteroatoms. The van der Waals surface area contributed by atoms with Gasteiger partial charge in [-0.25, -0.2) is 8.78 Å². The van der Waals surface area contributed by atoms with Crippen LogP contribution in [0.4, 0.5) is 8.78 Å². The van der Waals surface area contributed by atoms with Crippen LogP contribution in [-0.2, 0) is 11.3 Å². The average Bonchev–Trinajstić information content (AvgIpc) is 3.25. The topological polar surface area (TPSA) is 51.9 Å². The summed E-state index contributed by atoms with van der Waals surface area (Å²) in [5.41, 5.74) is 2.39. The van der Waals surface area contributed by atoms with E-state index >= 15 is 0 Å². The van der Waals surface area contributed by atoms with E-state index in [0.29, 0.717) is 10.2 Å². The maximum Gasteiger partial charge on any atom is 0.283 e. The van der Waals surface area contributed by atoms with Gasteiger partial charge < -0.3 is 9.88 Å². The zero-order valence-electron chi connectivity index (χ0n) is 15.9. The summed E-state index contributed by atoms with van der Waals surface area (Å²) in [7, 11) is 0. The molecule has 0 saturated heterocycles. The number of alkyl halides is 2. The van der Waals surface area contributed by atoms with E-state index in [1.54, 1.807) is 0 Å². The van der Waals surface area contributed by atoms with Crippen molar-refractivity contribution in [3.8, 4) is 5.69 Å². The second-order valence-electron chi connectivity index (χ2n) is 7.29. The van der Waals surface area contributed by atoms with Crippen LogP contribution >= 0.6 is 15.9 Å². The van der Waals surface area contributed by atoms with E-state index in [-0.39, 0.29) is 30.1 Å². The third-order valence-electron chi connectivity index (χ3n) is 5.09. The van der Waals surface area contributed by atoms with E-state index in [2.05, 4.69) is 26.3 Å². The van der Waals surface area contributed by atoms with Crippen LogP contribution in [0.2, 0.25) is 0 Å². The monoisotopic (exact) mass is 462 g/mol. The first-order valence-electron chi connectivity index (χ1n) is 9.51. The Labute approximate surface area is 175 Å². The molecule has 4 rings (SSSR count). The Morgan fingerprint density at radius 1 is 1.24 bits per heavy atom. The van der Waals surface area contributed by atoms with Crippen molar-refractivity contribution in [2.75, 3.05) is 0 Å². The molecule has 0 bridgehead atoms. The second kappa shape index (κ2) is 8.10. The molecule has 1 aliphatic rings. The summed E-state index contributed by atoms with van der Waals surface area (Å²) in [6.07, 6.45) is 3.11. The minimum absolute atomic E-state index is 0.0804. The van der Waals surface area contributed by atoms with Gasteiger partial charge in [-0.05, 0) is 65.5 Å². The van der Waals surface area contributed by atoms with E-state index < -0.39 is 6.43 Å². The molecule has 1 amide bonds. The smallest absolute Gasteiger partial charge is 0.283 e. The highest BCUT2D eigenvalue weighted by Crippen LogP contribution is 2.45. The van der Waals surface area contributed by atoms with Crippen molar-refractivity contribution in [1.29, 1.82) is 0 Å². The van der Waals surface area contributed by atoms with Crippen LogP contribution in [0, 0.1) is 0 Å². The number of benzene rings is 1. The molecule has 1 N–H and O–H groups in total. The number of carbonyl (C=O) groups excluding carboxylic acids is 1. The van der Waals surface area contributed by atoms with Crippen molar-refractivity contribution in [1.82, 2.24) is 19.7 Å². The van der Waals surface area contributed by atoms with Gasteiger partial charge in [0.05, 0.1) is 16.2 Å². The molecule has 0 spiro atoms. The van der Waals surface area contributed by atoms with E-state index in [4.69, 9.17) is 0 Å². The highest BCUT2D eigenvalue weighted by atomic mass is 79.9. The molecule has 5 nitrogen and oxygen atoms in total. The van der Waals surface area contributed by atoms with Gasteiger partial charge in [0.25, 0.3) is 6.43 Å². The molecule has 152 valence electrons. The first-order valence-corrected chi connectivity index (χ1v) is 10.3. The Morgan fingerprint density at radius 3 is 2.48 bits per heavy atom. The summed E-state index contributed by atoms with van der Waals surface area (Å²) in [6.45, 7) is 1.82. The van der Waals surface area contributed by atoms with Gasteiger partial charge in [0.1, 0.15) is 12.2 Å². The Kier molecular flexibility index (Phi) is 5.54. The molecule has 29 heavy (non-hydrogen) atoms. The van der Waals surface area contributed by atoms with Crippen LogP contribution in [0.25, 0.3) is 5.69 Å². The minimum Gasteiger partial charge on any atom is -0.348 e. The second-order valence-corrected chi connectivity index (χ2v) is 8.08. The predicted octanol–water partition coefficient (Wildman–Crippen LogP) is 5.13. The lowest BCUT2D eigenvalue weighted by atomic mass is 10.1. The van der Waals surface area contributed by atoms with Gasteiger partial charge in [0.15, 0.2) is 0 Å². The van der Waals surface area contributed by atoms with Crippen LogP contribution in [0.5, 0.6) is 0 Å². The first kappa shape index (κ1) is 19.8. The zero-order valence-corrected chi connectivity index (χ0v) is 17.4. The van der Waals surface area contributed by atoms with Gasteiger partial charge in [-0.15, -0.1) is 0 Å². The Hall–Kier alpha value is -2.48. The number of amides is 1. The normalized spacial score (nSPS) is 14.9. The summed E-state index contributed by atoms with van der Waals surface area (Å²) in [6, 6.07) is 11.6. The predicted molar refractivity (Wildman–Crippen MR) is 109 cm³/mol. The molecular formula is C21H21BrF2N4O. The fourth-order valence-electron chi connectivity index (χ4n) is 3.43. The summed E-state index contributed by atoms with van der Waals surface area (Å²) in [5.74, 6) is -0.0690. The molecular weight excluding hydrogens is 442 g/mol. The molecule has 1 unspecified atom stereocenters. The third kappa shape index (κ3) is 4.27. The number of rotatable bonds is 7. The quantitative estimate of drug-likeness (QED) is 0.529. The number of nitrogens with zero attached hydrogens (tertiary/aromatic N) is 3. The van der Waals surface area contributed by atoms with Gasteiger partial charge in [0, 0.05) is 24.0 Å². The van der Waals surface area contributed by atoms with Crippen molar-refractivity contribution < 1.29 is 13.6 Å². The van der Waals surface area contributed by atoms with Crippen molar-refractivity contribution in [2.24, 2.45) is 0 Å². The van der Waals surface area contributed by atoms with Crippen molar-refractivity contribution >= 4 is 21.8 Å². The van der Waals surface area contributed by atoms with Gasteiger partial charge in [-0.2, -0.15) is 5.10 Å². The molecule has 2 aromatic heterocycles. The molecule has 1 aromatic carbocycles. The number of hydrogen-bond donors (Lipinski definition) is 1. The van der Waals surface area contributed by atoms with Crippen molar-refractivity contribution in [3.05, 3.63) is 70.2 Å². The summed E-state index contributed by atoms with van der Waals surface area (Å²) in [4.78, 5) is 12.6. The SMILES string of the molecule is CC(NC(=O)Cn1nc(C(F)F)c(Br)c1C1CC1)c1ccc(-n2cccc2)cc1. The third-order valence-corrected chi connectivity index (χ3v) is 5.91. The van der Waals surface area contributed by atoms with E-state index in [1.807, 2.05) is 60.3 Å². The van der Waals surface area contributed by atoms with Crippen LogP contribution in [-0.4, -0.2) is 20.3 Å². The molecule has 1 atom stereocenters. The lowest BCUT2D eigenvalue weighted by Gasteiger charge is -2.16. The standard InChI is InChI=1S/C21H21BrF2N4O/c1-13(14-6-8-16(9-7-14)27-10-2-3-11-27)25-17(29)12-28-20(15-4-5-15)18(22)19(26-28)21(23)24/h2-3,6-11,13,15,21H,4-5,12H2,1H3,(H,25,29). The van der Waals surface area contributed by atoms with E-state index in [9.17, 15) is 13.6 Å². The summed E-state index contributed by atoms with van der Waals surface area (Å²) < 4.78 is 30.2. The Balaban J connectivity index is 1.44. The lowest BCUT2D eigenvalue weighted by molar-refractivity contribution is -0.122. The molecule has 3 aromatic rings. The maximum atomic E-state index is 13.2. The number of nitrogens with one attached hydrogen (secondary N) is 1. The van der Waals surface area contributed by atoms with Gasteiger partial charge >= 0.3 is 0 Å². The average molecular weight is 463 g/mol. The molecule has 1 fully saturated rings. The van der Waals surface area contributed by atoms with E-state index in [0.717, 1.165) is 24.1 Å². The van der Waals surface area contributed by atoms with Crippen molar-refractivity contribution in [2.45, 2.75) is 44.7 Å². The molecule has 1 aliphatic carbocycles. The largest absolute Gasteiger partial charge is 0.348 e. The van der Waals surface area contributed by atoms with Crippen molar-refractivity contribution in [3.63, 3.8) is 0 Å². The Bertz CT molecular complexity index is 995. The fraction of sp³-hybridized carbons (Fsp3) is 0.333. The first-order chi connectivity index (χ1) is 13.9. The van der Waals surface area contributed by atoms with Gasteiger partial charge in [-0.1, -0.05) is 12.1 Å². The van der Waals surface area contributed by atoms with Crippen LogP contribution < -0.4 is 5.32 Å². The number of halogens is 3. The molecule has 2 heterocycles. The summed E-state index contributed by atoms with van der Waals surface area (Å²) in [5, 5.41) is 6.92. The van der Waals surface area contributed by atoms with Crippen LogP contribution in [0.3, 0.4) is 0 Å². The van der Waals surface area contributed by atoms with Crippen LogP contribution in [0.1, 0.15) is 55.1 Å². The van der Waals surface area contributed by atoms with E-state index in [1.165, 1.54) is 4.68 Å². The zero-order chi connectivity index (χ0) is 20.5. The highest BCUT2D eigenvalue weighted by Gasteiger charge is 2.34. The fourth-order valence-corrected chi connectivity index (χ4v) is 4.21. The highest BCUT2D eigenvalue weighted by molar-refractivity contribution is 9.10. The molecule has 1 saturated carbocycles. The number of carbonyl (C=O) groups is 1. The number of hydrogen-bond acceptors (Lipinski definition) is 2. The Morgan fingerprint density at radius 2 is 1.90 bits per heavy atom. The summed E-state index contributed by atoms with van der Waals surface area (Å²) >= 11 is 3.25.